The van der Waals surface area contributed by atoms with Crippen molar-refractivity contribution in [3.05, 3.63) is 6.92 Å². The summed E-state index contributed by atoms with van der Waals surface area (Å²) in [6, 6.07) is 0. The number of rotatable bonds is 4. The first-order chi connectivity index (χ1) is 4.12. The van der Waals surface area contributed by atoms with Gasteiger partial charge >= 0.3 is 0 Å². The highest BCUT2D eigenvalue weighted by atomic mass is 33.1. The largest absolute Gasteiger partial charge is 0.264 e. The zero-order valence-corrected chi connectivity index (χ0v) is 6.89. The molecule has 0 rings (SSSR count). The molecule has 0 aliphatic carbocycles. The van der Waals surface area contributed by atoms with Crippen molar-refractivity contribution < 1.29 is 8.42 Å². The second kappa shape index (κ2) is 4.14. The fourth-order valence-electron chi connectivity index (χ4n) is 0.322. The van der Waals surface area contributed by atoms with Crippen LogP contribution in [0.25, 0.3) is 0 Å². The summed E-state index contributed by atoms with van der Waals surface area (Å²) in [5, 5.41) is 0. The topological polar surface area (TPSA) is 46.2 Å². The van der Waals surface area contributed by atoms with E-state index in [4.69, 9.17) is 0 Å². The first-order valence-electron chi connectivity index (χ1n) is 2.55. The van der Waals surface area contributed by atoms with E-state index in [-0.39, 0.29) is 6.54 Å². The first-order valence-corrected chi connectivity index (χ1v) is 5.54. The summed E-state index contributed by atoms with van der Waals surface area (Å²) in [5.74, 6) is 0.565. The van der Waals surface area contributed by atoms with Gasteiger partial charge in [0.2, 0.25) is 0 Å². The van der Waals surface area contributed by atoms with Crippen molar-refractivity contribution in [1.82, 2.24) is 4.72 Å². The Hall–Kier alpha value is 0.260. The highest BCUT2D eigenvalue weighted by Crippen LogP contribution is 2.06. The fourth-order valence-corrected chi connectivity index (χ4v) is 2.40. The standard InChI is InChI=1S/C4H10NO2S2/c1-3-5-9(6,7)8-4-2/h5H,1,3-4H2,2H3. The van der Waals surface area contributed by atoms with Crippen LogP contribution in [0.2, 0.25) is 0 Å². The Bertz CT molecular complexity index is 140. The Kier molecular flexibility index (Phi) is 4.26. The van der Waals surface area contributed by atoms with Crippen LogP contribution in [0.15, 0.2) is 0 Å². The zero-order valence-electron chi connectivity index (χ0n) is 5.25. The molecule has 0 aromatic carbocycles. The fraction of sp³-hybridized carbons (Fsp3) is 0.750. The molecule has 0 amide bonds. The van der Waals surface area contributed by atoms with E-state index in [9.17, 15) is 8.42 Å². The Morgan fingerprint density at radius 3 is 2.56 bits per heavy atom. The van der Waals surface area contributed by atoms with Crippen molar-refractivity contribution >= 4 is 19.8 Å². The minimum absolute atomic E-state index is 0.218. The lowest BCUT2D eigenvalue weighted by Gasteiger charge is -1.98. The van der Waals surface area contributed by atoms with Crippen LogP contribution in [-0.4, -0.2) is 20.7 Å². The molecular formula is C4H10NO2S2. The Morgan fingerprint density at radius 1 is 1.67 bits per heavy atom. The minimum Gasteiger partial charge on any atom is -0.206 e. The minimum atomic E-state index is -3.08. The Labute approximate surface area is 59.7 Å². The molecule has 5 heteroatoms. The summed E-state index contributed by atoms with van der Waals surface area (Å²) in [4.78, 5) is 0. The molecule has 0 aromatic rings. The lowest BCUT2D eigenvalue weighted by atomic mass is 10.8. The van der Waals surface area contributed by atoms with Crippen molar-refractivity contribution in [2.75, 3.05) is 12.3 Å². The van der Waals surface area contributed by atoms with E-state index in [1.165, 1.54) is 0 Å². The maximum atomic E-state index is 10.6. The molecule has 0 spiro atoms. The van der Waals surface area contributed by atoms with Gasteiger partial charge in [-0.1, -0.05) is 6.92 Å². The smallest absolute Gasteiger partial charge is 0.206 e. The Balaban J connectivity index is 3.73. The SMILES string of the molecule is [CH2]CNS(=O)(=O)SCC. The third kappa shape index (κ3) is 4.74. The molecule has 0 aromatic heterocycles. The molecule has 0 bridgehead atoms. The van der Waals surface area contributed by atoms with Gasteiger partial charge in [0.1, 0.15) is 0 Å². The quantitative estimate of drug-likeness (QED) is 0.618. The molecule has 0 aliphatic heterocycles. The predicted molar refractivity (Wildman–Crippen MR) is 40.4 cm³/mol. The van der Waals surface area contributed by atoms with Crippen LogP contribution in [0.4, 0.5) is 0 Å². The summed E-state index contributed by atoms with van der Waals surface area (Å²) in [6.07, 6.45) is 0. The summed E-state index contributed by atoms with van der Waals surface area (Å²) >= 11 is 0. The van der Waals surface area contributed by atoms with Gasteiger partial charge in [0.25, 0.3) is 9.06 Å². The van der Waals surface area contributed by atoms with Crippen LogP contribution < -0.4 is 4.72 Å². The van der Waals surface area contributed by atoms with E-state index in [1.54, 1.807) is 6.92 Å². The Morgan fingerprint density at radius 2 is 2.22 bits per heavy atom. The van der Waals surface area contributed by atoms with Gasteiger partial charge < -0.3 is 0 Å². The number of hydrogen-bond acceptors (Lipinski definition) is 3. The molecule has 0 saturated carbocycles. The van der Waals surface area contributed by atoms with Gasteiger partial charge in [-0.2, -0.15) is 0 Å². The van der Waals surface area contributed by atoms with Gasteiger partial charge in [-0.3, -0.25) is 0 Å². The van der Waals surface area contributed by atoms with Gasteiger partial charge in [-0.25, -0.2) is 13.1 Å². The normalized spacial score (nSPS) is 11.8. The highest BCUT2D eigenvalue weighted by Gasteiger charge is 2.05. The van der Waals surface area contributed by atoms with Gasteiger partial charge in [-0.15, -0.1) is 0 Å². The van der Waals surface area contributed by atoms with Crippen LogP contribution in [0.1, 0.15) is 6.92 Å². The molecule has 1 radical (unpaired) electrons. The third-order valence-corrected chi connectivity index (χ3v) is 3.65. The lowest BCUT2D eigenvalue weighted by molar-refractivity contribution is 0.601. The molecule has 0 aliphatic rings. The maximum absolute atomic E-state index is 10.6. The highest BCUT2D eigenvalue weighted by molar-refractivity contribution is 8.71. The van der Waals surface area contributed by atoms with Crippen molar-refractivity contribution in [3.8, 4) is 0 Å². The number of hydrogen-bond donors (Lipinski definition) is 1. The molecule has 0 heterocycles. The molecule has 0 saturated heterocycles. The van der Waals surface area contributed by atoms with E-state index < -0.39 is 9.06 Å². The second-order valence-electron chi connectivity index (χ2n) is 1.25. The van der Waals surface area contributed by atoms with E-state index in [2.05, 4.69) is 11.6 Å². The molecule has 1 N–H and O–H groups in total. The summed E-state index contributed by atoms with van der Waals surface area (Å²) < 4.78 is 23.5. The summed E-state index contributed by atoms with van der Waals surface area (Å²) in [5.41, 5.74) is 0. The molecule has 0 fully saturated rings. The van der Waals surface area contributed by atoms with Gasteiger partial charge in [-0.05, 0) is 17.7 Å². The molecule has 3 nitrogen and oxygen atoms in total. The van der Waals surface area contributed by atoms with Gasteiger partial charge in [0.05, 0.1) is 0 Å². The van der Waals surface area contributed by atoms with E-state index >= 15 is 0 Å². The van der Waals surface area contributed by atoms with Crippen LogP contribution in [0, 0.1) is 6.92 Å². The van der Waals surface area contributed by atoms with E-state index in [0.717, 1.165) is 10.8 Å². The van der Waals surface area contributed by atoms with Crippen LogP contribution in [-0.2, 0) is 9.06 Å². The van der Waals surface area contributed by atoms with E-state index in [1.807, 2.05) is 0 Å². The van der Waals surface area contributed by atoms with Gasteiger partial charge in [0.15, 0.2) is 0 Å². The molecule has 0 unspecified atom stereocenters. The average molecular weight is 168 g/mol. The summed E-state index contributed by atoms with van der Waals surface area (Å²) in [6.45, 7) is 5.35. The second-order valence-corrected chi connectivity index (χ2v) is 5.29. The average Bonchev–Trinajstić information content (AvgIpc) is 1.64. The van der Waals surface area contributed by atoms with Gasteiger partial charge in [0, 0.05) is 12.3 Å². The molecule has 9 heavy (non-hydrogen) atoms. The van der Waals surface area contributed by atoms with E-state index in [0.29, 0.717) is 5.75 Å². The van der Waals surface area contributed by atoms with Crippen molar-refractivity contribution in [3.63, 3.8) is 0 Å². The predicted octanol–water partition coefficient (Wildman–Crippen LogP) is 0.408. The van der Waals surface area contributed by atoms with Crippen LogP contribution in [0.3, 0.4) is 0 Å². The van der Waals surface area contributed by atoms with Crippen molar-refractivity contribution in [1.29, 1.82) is 0 Å². The van der Waals surface area contributed by atoms with Crippen molar-refractivity contribution in [2.45, 2.75) is 6.92 Å². The molecular weight excluding hydrogens is 158 g/mol. The van der Waals surface area contributed by atoms with Crippen LogP contribution >= 0.6 is 10.8 Å². The van der Waals surface area contributed by atoms with Crippen LogP contribution in [0.5, 0.6) is 0 Å². The third-order valence-electron chi connectivity index (χ3n) is 0.552. The molecule has 55 valence electrons. The lowest BCUT2D eigenvalue weighted by Crippen LogP contribution is -2.19. The zero-order chi connectivity index (χ0) is 7.33. The number of nitrogens with one attached hydrogen (secondary N) is 1. The first kappa shape index (κ1) is 9.26. The molecule has 0 atom stereocenters. The van der Waals surface area contributed by atoms with Crippen molar-refractivity contribution in [2.24, 2.45) is 0 Å². The summed E-state index contributed by atoms with van der Waals surface area (Å²) in [7, 11) is -2.20. The monoisotopic (exact) mass is 168 g/mol. The maximum Gasteiger partial charge on any atom is 0.264 e.